The fourth-order valence-corrected chi connectivity index (χ4v) is 2.33. The van der Waals surface area contributed by atoms with Gasteiger partial charge in [-0.1, -0.05) is 49.1 Å². The molecule has 3 nitrogen and oxygen atoms in total. The van der Waals surface area contributed by atoms with Crippen LogP contribution in [0.4, 0.5) is 0 Å². The molecule has 118 valence electrons. The molecule has 0 saturated heterocycles. The van der Waals surface area contributed by atoms with Crippen LogP contribution >= 0.6 is 0 Å². The number of nitrogens with one attached hydrogen (secondary N) is 1. The van der Waals surface area contributed by atoms with E-state index in [1.165, 1.54) is 0 Å². The maximum atomic E-state index is 12.3. The Hall–Kier alpha value is -2.73. The molecule has 0 aliphatic carbocycles. The number of amides is 1. The lowest BCUT2D eigenvalue weighted by Crippen LogP contribution is -2.29. The van der Waals surface area contributed by atoms with E-state index in [1.54, 1.807) is 7.11 Å². The van der Waals surface area contributed by atoms with E-state index in [9.17, 15) is 4.79 Å². The average molecular weight is 307 g/mol. The third-order valence-corrected chi connectivity index (χ3v) is 3.60. The topological polar surface area (TPSA) is 38.3 Å². The largest absolute Gasteiger partial charge is 0.497 e. The van der Waals surface area contributed by atoms with Crippen molar-refractivity contribution in [1.29, 1.82) is 0 Å². The second kappa shape index (κ2) is 8.65. The minimum absolute atomic E-state index is 0.0164. The highest BCUT2D eigenvalue weighted by Crippen LogP contribution is 2.18. The summed E-state index contributed by atoms with van der Waals surface area (Å²) in [4.78, 5) is 12.3. The summed E-state index contributed by atoms with van der Waals surface area (Å²) in [5, 5.41) is 2.89. The quantitative estimate of drug-likeness (QED) is 0.860. The molecule has 2 aromatic rings. The Morgan fingerprint density at radius 2 is 1.83 bits per heavy atom. The van der Waals surface area contributed by atoms with Gasteiger partial charge in [-0.3, -0.25) is 4.79 Å². The standard InChI is InChI=1S/C20H21NO2/c1-3-19(17-9-5-4-6-10-17)20(22)21-15-7-8-16-11-13-18(23-2)14-12-16/h4-6,9-14,19H,3,15H2,1-2H3,(H,21,22). The Morgan fingerprint density at radius 1 is 1.13 bits per heavy atom. The second-order valence-corrected chi connectivity index (χ2v) is 5.12. The van der Waals surface area contributed by atoms with E-state index in [1.807, 2.05) is 61.5 Å². The van der Waals surface area contributed by atoms with Gasteiger partial charge in [-0.15, -0.1) is 0 Å². The molecule has 2 aromatic carbocycles. The van der Waals surface area contributed by atoms with Crippen molar-refractivity contribution in [3.63, 3.8) is 0 Å². The van der Waals surface area contributed by atoms with E-state index in [4.69, 9.17) is 4.74 Å². The highest BCUT2D eigenvalue weighted by Gasteiger charge is 2.17. The van der Waals surface area contributed by atoms with E-state index in [0.29, 0.717) is 6.54 Å². The molecule has 1 unspecified atom stereocenters. The first kappa shape index (κ1) is 16.6. The van der Waals surface area contributed by atoms with Gasteiger partial charge in [0.05, 0.1) is 19.6 Å². The highest BCUT2D eigenvalue weighted by atomic mass is 16.5. The molecule has 0 aliphatic heterocycles. The van der Waals surface area contributed by atoms with Crippen molar-refractivity contribution in [2.45, 2.75) is 19.3 Å². The van der Waals surface area contributed by atoms with E-state index in [0.717, 1.165) is 23.3 Å². The van der Waals surface area contributed by atoms with Crippen molar-refractivity contribution in [2.75, 3.05) is 13.7 Å². The third kappa shape index (κ3) is 4.89. The molecule has 0 saturated carbocycles. The normalized spacial score (nSPS) is 11.0. The molecule has 1 N–H and O–H groups in total. The Morgan fingerprint density at radius 3 is 2.43 bits per heavy atom. The van der Waals surface area contributed by atoms with Gasteiger partial charge in [0, 0.05) is 5.56 Å². The van der Waals surface area contributed by atoms with Crippen molar-refractivity contribution in [3.05, 3.63) is 65.7 Å². The summed E-state index contributed by atoms with van der Waals surface area (Å²) in [5.41, 5.74) is 1.94. The van der Waals surface area contributed by atoms with Gasteiger partial charge >= 0.3 is 0 Å². The zero-order valence-corrected chi connectivity index (χ0v) is 13.5. The molecular weight excluding hydrogens is 286 g/mol. The highest BCUT2D eigenvalue weighted by molar-refractivity contribution is 5.83. The lowest BCUT2D eigenvalue weighted by molar-refractivity contribution is -0.122. The molecule has 0 aliphatic rings. The van der Waals surface area contributed by atoms with Crippen LogP contribution in [0.15, 0.2) is 54.6 Å². The van der Waals surface area contributed by atoms with Crippen LogP contribution in [0.5, 0.6) is 5.75 Å². The number of benzene rings is 2. The van der Waals surface area contributed by atoms with Crippen molar-refractivity contribution in [3.8, 4) is 17.6 Å². The van der Waals surface area contributed by atoms with E-state index in [2.05, 4.69) is 17.2 Å². The first-order valence-electron chi connectivity index (χ1n) is 7.70. The molecule has 0 radical (unpaired) electrons. The van der Waals surface area contributed by atoms with Gasteiger partial charge in [0.2, 0.25) is 5.91 Å². The predicted octanol–water partition coefficient (Wildman–Crippen LogP) is 3.36. The van der Waals surface area contributed by atoms with Gasteiger partial charge < -0.3 is 10.1 Å². The Kier molecular flexibility index (Phi) is 6.26. The summed E-state index contributed by atoms with van der Waals surface area (Å²) >= 11 is 0. The number of hydrogen-bond donors (Lipinski definition) is 1. The van der Waals surface area contributed by atoms with E-state index in [-0.39, 0.29) is 11.8 Å². The molecule has 0 bridgehead atoms. The van der Waals surface area contributed by atoms with E-state index < -0.39 is 0 Å². The van der Waals surface area contributed by atoms with Crippen LogP contribution in [-0.2, 0) is 4.79 Å². The fourth-order valence-electron chi connectivity index (χ4n) is 2.33. The fraction of sp³-hybridized carbons (Fsp3) is 0.250. The molecular formula is C20H21NO2. The van der Waals surface area contributed by atoms with Crippen LogP contribution < -0.4 is 10.1 Å². The van der Waals surface area contributed by atoms with Crippen LogP contribution in [0.2, 0.25) is 0 Å². The van der Waals surface area contributed by atoms with Gasteiger partial charge in [-0.2, -0.15) is 0 Å². The van der Waals surface area contributed by atoms with Gasteiger partial charge in [0.15, 0.2) is 0 Å². The van der Waals surface area contributed by atoms with Gasteiger partial charge in [0.1, 0.15) is 5.75 Å². The summed E-state index contributed by atoms with van der Waals surface area (Å²) in [6.07, 6.45) is 0.766. The van der Waals surface area contributed by atoms with Crippen LogP contribution in [0.3, 0.4) is 0 Å². The Labute approximate surface area is 137 Å². The van der Waals surface area contributed by atoms with Crippen molar-refractivity contribution >= 4 is 5.91 Å². The molecule has 23 heavy (non-hydrogen) atoms. The summed E-state index contributed by atoms with van der Waals surface area (Å²) in [6.45, 7) is 2.36. The van der Waals surface area contributed by atoms with Crippen LogP contribution in [0.25, 0.3) is 0 Å². The van der Waals surface area contributed by atoms with Crippen molar-refractivity contribution < 1.29 is 9.53 Å². The lowest BCUT2D eigenvalue weighted by Gasteiger charge is -2.14. The summed E-state index contributed by atoms with van der Waals surface area (Å²) < 4.78 is 5.10. The molecule has 0 spiro atoms. The van der Waals surface area contributed by atoms with Crippen molar-refractivity contribution in [2.24, 2.45) is 0 Å². The minimum Gasteiger partial charge on any atom is -0.497 e. The second-order valence-electron chi connectivity index (χ2n) is 5.12. The number of ether oxygens (including phenoxy) is 1. The third-order valence-electron chi connectivity index (χ3n) is 3.60. The first-order valence-corrected chi connectivity index (χ1v) is 7.70. The van der Waals surface area contributed by atoms with Crippen molar-refractivity contribution in [1.82, 2.24) is 5.32 Å². The Balaban J connectivity index is 1.90. The number of carbonyl (C=O) groups excluding carboxylic acids is 1. The molecule has 1 amide bonds. The molecule has 3 heteroatoms. The Bertz CT molecular complexity index is 681. The lowest BCUT2D eigenvalue weighted by atomic mass is 9.96. The predicted molar refractivity (Wildman–Crippen MR) is 92.4 cm³/mol. The maximum absolute atomic E-state index is 12.3. The first-order chi connectivity index (χ1) is 11.2. The van der Waals surface area contributed by atoms with E-state index >= 15 is 0 Å². The van der Waals surface area contributed by atoms with Gasteiger partial charge in [-0.25, -0.2) is 0 Å². The van der Waals surface area contributed by atoms with Crippen LogP contribution in [-0.4, -0.2) is 19.6 Å². The maximum Gasteiger partial charge on any atom is 0.228 e. The molecule has 0 heterocycles. The molecule has 0 fully saturated rings. The number of hydrogen-bond acceptors (Lipinski definition) is 2. The zero-order valence-electron chi connectivity index (χ0n) is 13.5. The average Bonchev–Trinajstić information content (AvgIpc) is 2.61. The smallest absolute Gasteiger partial charge is 0.228 e. The van der Waals surface area contributed by atoms with Gasteiger partial charge in [-0.05, 0) is 36.2 Å². The monoisotopic (exact) mass is 307 g/mol. The summed E-state index contributed by atoms with van der Waals surface area (Å²) in [7, 11) is 1.63. The SMILES string of the molecule is CCC(C(=O)NCC#Cc1ccc(OC)cc1)c1ccccc1. The minimum atomic E-state index is -0.126. The zero-order chi connectivity index (χ0) is 16.5. The number of methoxy groups -OCH3 is 1. The number of carbonyl (C=O) groups is 1. The van der Waals surface area contributed by atoms with Crippen LogP contribution in [0, 0.1) is 11.8 Å². The van der Waals surface area contributed by atoms with Gasteiger partial charge in [0.25, 0.3) is 0 Å². The summed E-state index contributed by atoms with van der Waals surface area (Å²) in [6, 6.07) is 17.3. The molecule has 2 rings (SSSR count). The summed E-state index contributed by atoms with van der Waals surface area (Å²) in [5.74, 6) is 6.70. The van der Waals surface area contributed by atoms with Crippen LogP contribution in [0.1, 0.15) is 30.4 Å². The molecule has 0 aromatic heterocycles. The molecule has 1 atom stereocenters. The number of rotatable bonds is 5.